The minimum Gasteiger partial charge on any atom is -0.299 e. The number of rotatable bonds is 3. The maximum Gasteiger partial charge on any atom is 0.142 e. The first-order valence-electron chi connectivity index (χ1n) is 6.87. The van der Waals surface area contributed by atoms with E-state index in [4.69, 9.17) is 0 Å². The third kappa shape index (κ3) is 2.29. The minimum absolute atomic E-state index is 0.274. The Hall–Kier alpha value is -1.29. The van der Waals surface area contributed by atoms with Crippen LogP contribution < -0.4 is 0 Å². The van der Waals surface area contributed by atoms with Crippen molar-refractivity contribution in [2.75, 3.05) is 6.54 Å². The van der Waals surface area contributed by atoms with Crippen LogP contribution in [0.15, 0.2) is 18.5 Å². The van der Waals surface area contributed by atoms with Crippen molar-refractivity contribution in [1.82, 2.24) is 14.9 Å². The molecule has 1 saturated heterocycles. The summed E-state index contributed by atoms with van der Waals surface area (Å²) in [6.07, 6.45) is 8.87. The monoisotopic (exact) mass is 245 g/mol. The number of carbonyl (C=O) groups excluding carboxylic acids is 1. The van der Waals surface area contributed by atoms with E-state index in [0.717, 1.165) is 44.6 Å². The summed E-state index contributed by atoms with van der Waals surface area (Å²) in [5.41, 5.74) is 0. The molecule has 1 aromatic heterocycles. The van der Waals surface area contributed by atoms with Crippen LogP contribution in [-0.4, -0.2) is 33.2 Å². The molecule has 0 bridgehead atoms. The van der Waals surface area contributed by atoms with Crippen molar-refractivity contribution in [2.45, 2.75) is 44.7 Å². The summed E-state index contributed by atoms with van der Waals surface area (Å²) in [7, 11) is 0. The Morgan fingerprint density at radius 1 is 1.22 bits per heavy atom. The molecule has 2 fully saturated rings. The molecular formula is C14H19N3O. The highest BCUT2D eigenvalue weighted by atomic mass is 16.1. The van der Waals surface area contributed by atoms with Crippen LogP contribution in [0.4, 0.5) is 0 Å². The molecule has 1 aliphatic carbocycles. The first kappa shape index (κ1) is 11.8. The van der Waals surface area contributed by atoms with Gasteiger partial charge in [-0.25, -0.2) is 9.97 Å². The van der Waals surface area contributed by atoms with Crippen molar-refractivity contribution < 1.29 is 4.79 Å². The summed E-state index contributed by atoms with van der Waals surface area (Å²) in [4.78, 5) is 22.9. The second kappa shape index (κ2) is 5.14. The molecule has 1 saturated carbocycles. The fourth-order valence-corrected chi connectivity index (χ4v) is 3.35. The van der Waals surface area contributed by atoms with Gasteiger partial charge in [0, 0.05) is 30.8 Å². The number of ketones is 1. The van der Waals surface area contributed by atoms with E-state index in [-0.39, 0.29) is 5.92 Å². The predicted molar refractivity (Wildman–Crippen MR) is 67.8 cm³/mol. The topological polar surface area (TPSA) is 46.1 Å². The van der Waals surface area contributed by atoms with E-state index < -0.39 is 0 Å². The molecule has 96 valence electrons. The van der Waals surface area contributed by atoms with Gasteiger partial charge in [-0.1, -0.05) is 0 Å². The van der Waals surface area contributed by atoms with Gasteiger partial charge in [0.15, 0.2) is 0 Å². The average molecular weight is 245 g/mol. The Bertz CT molecular complexity index is 420. The number of Topliss-reactive ketones (excluding diaryl/α,β-unsaturated/α-hetero) is 1. The van der Waals surface area contributed by atoms with Gasteiger partial charge in [0.25, 0.3) is 0 Å². The fourth-order valence-electron chi connectivity index (χ4n) is 3.35. The van der Waals surface area contributed by atoms with Crippen LogP contribution in [0.1, 0.15) is 37.9 Å². The SMILES string of the molecule is O=C1CCCC1C1CCCN1Cc1ncccn1. The zero-order valence-corrected chi connectivity index (χ0v) is 10.6. The van der Waals surface area contributed by atoms with Crippen LogP contribution in [0.25, 0.3) is 0 Å². The fraction of sp³-hybridized carbons (Fsp3) is 0.643. The highest BCUT2D eigenvalue weighted by Gasteiger charge is 2.38. The lowest BCUT2D eigenvalue weighted by Crippen LogP contribution is -2.37. The van der Waals surface area contributed by atoms with Gasteiger partial charge in [0.05, 0.1) is 6.54 Å². The molecule has 18 heavy (non-hydrogen) atoms. The molecule has 1 aliphatic heterocycles. The Balaban J connectivity index is 1.69. The molecule has 2 unspecified atom stereocenters. The summed E-state index contributed by atoms with van der Waals surface area (Å²) < 4.78 is 0. The van der Waals surface area contributed by atoms with E-state index in [2.05, 4.69) is 14.9 Å². The molecule has 1 aromatic rings. The molecular weight excluding hydrogens is 226 g/mol. The van der Waals surface area contributed by atoms with Gasteiger partial charge >= 0.3 is 0 Å². The van der Waals surface area contributed by atoms with E-state index >= 15 is 0 Å². The second-order valence-electron chi connectivity index (χ2n) is 5.31. The van der Waals surface area contributed by atoms with Crippen molar-refractivity contribution in [3.05, 3.63) is 24.3 Å². The lowest BCUT2D eigenvalue weighted by atomic mass is 9.95. The summed E-state index contributed by atoms with van der Waals surface area (Å²) in [5.74, 6) is 1.62. The molecule has 2 heterocycles. The van der Waals surface area contributed by atoms with Gasteiger partial charge in [-0.2, -0.15) is 0 Å². The van der Waals surface area contributed by atoms with Gasteiger partial charge in [-0.3, -0.25) is 9.69 Å². The maximum absolute atomic E-state index is 11.9. The lowest BCUT2D eigenvalue weighted by Gasteiger charge is -2.27. The zero-order valence-electron chi connectivity index (χ0n) is 10.6. The first-order chi connectivity index (χ1) is 8.84. The number of carbonyl (C=O) groups is 1. The lowest BCUT2D eigenvalue weighted by molar-refractivity contribution is -0.122. The van der Waals surface area contributed by atoms with Crippen LogP contribution in [0, 0.1) is 5.92 Å². The number of nitrogens with zero attached hydrogens (tertiary/aromatic N) is 3. The van der Waals surface area contributed by atoms with Crippen molar-refractivity contribution >= 4 is 5.78 Å². The average Bonchev–Trinajstić information content (AvgIpc) is 2.99. The molecule has 4 nitrogen and oxygen atoms in total. The number of hydrogen-bond donors (Lipinski definition) is 0. The van der Waals surface area contributed by atoms with Crippen LogP contribution in [0.5, 0.6) is 0 Å². The van der Waals surface area contributed by atoms with Gasteiger partial charge in [-0.05, 0) is 38.3 Å². The predicted octanol–water partition coefficient (Wildman–Crippen LogP) is 1.81. The Kier molecular flexibility index (Phi) is 3.37. The minimum atomic E-state index is 0.274. The summed E-state index contributed by atoms with van der Waals surface area (Å²) in [6.45, 7) is 1.86. The third-order valence-electron chi connectivity index (χ3n) is 4.19. The highest BCUT2D eigenvalue weighted by Crippen LogP contribution is 2.33. The standard InChI is InChI=1S/C14H19N3O/c18-13-6-1-4-11(13)12-5-2-9-17(12)10-14-15-7-3-8-16-14/h3,7-8,11-12H,1-2,4-6,9-10H2. The van der Waals surface area contributed by atoms with E-state index in [1.165, 1.54) is 6.42 Å². The molecule has 0 radical (unpaired) electrons. The number of aromatic nitrogens is 2. The largest absolute Gasteiger partial charge is 0.299 e. The Labute approximate surface area is 107 Å². The van der Waals surface area contributed by atoms with E-state index in [1.54, 1.807) is 12.4 Å². The molecule has 0 N–H and O–H groups in total. The Morgan fingerprint density at radius 2 is 2.06 bits per heavy atom. The molecule has 3 rings (SSSR count). The van der Waals surface area contributed by atoms with Gasteiger partial charge in [0.2, 0.25) is 0 Å². The summed E-state index contributed by atoms with van der Waals surface area (Å²) in [6, 6.07) is 2.27. The van der Waals surface area contributed by atoms with Crippen molar-refractivity contribution in [2.24, 2.45) is 5.92 Å². The smallest absolute Gasteiger partial charge is 0.142 e. The van der Waals surface area contributed by atoms with Crippen molar-refractivity contribution in [3.63, 3.8) is 0 Å². The molecule has 4 heteroatoms. The summed E-state index contributed by atoms with van der Waals surface area (Å²) in [5, 5.41) is 0. The summed E-state index contributed by atoms with van der Waals surface area (Å²) >= 11 is 0. The van der Waals surface area contributed by atoms with Crippen LogP contribution >= 0.6 is 0 Å². The van der Waals surface area contributed by atoms with Gasteiger partial charge < -0.3 is 0 Å². The van der Waals surface area contributed by atoms with Crippen molar-refractivity contribution in [1.29, 1.82) is 0 Å². The highest BCUT2D eigenvalue weighted by molar-refractivity contribution is 5.83. The van der Waals surface area contributed by atoms with Crippen LogP contribution in [0.2, 0.25) is 0 Å². The van der Waals surface area contributed by atoms with Crippen LogP contribution in [-0.2, 0) is 11.3 Å². The number of likely N-dealkylation sites (tertiary alicyclic amines) is 1. The zero-order chi connectivity index (χ0) is 12.4. The normalized spacial score (nSPS) is 29.0. The third-order valence-corrected chi connectivity index (χ3v) is 4.19. The van der Waals surface area contributed by atoms with E-state index in [1.807, 2.05) is 6.07 Å². The molecule has 2 aliphatic rings. The maximum atomic E-state index is 11.9. The number of hydrogen-bond acceptors (Lipinski definition) is 4. The molecule has 0 amide bonds. The molecule has 0 spiro atoms. The quantitative estimate of drug-likeness (QED) is 0.814. The van der Waals surface area contributed by atoms with E-state index in [9.17, 15) is 4.79 Å². The van der Waals surface area contributed by atoms with E-state index in [0.29, 0.717) is 11.8 Å². The molecule has 0 aromatic carbocycles. The van der Waals surface area contributed by atoms with Crippen LogP contribution in [0.3, 0.4) is 0 Å². The van der Waals surface area contributed by atoms with Gasteiger partial charge in [-0.15, -0.1) is 0 Å². The van der Waals surface area contributed by atoms with Crippen molar-refractivity contribution in [3.8, 4) is 0 Å². The Morgan fingerprint density at radius 3 is 2.78 bits per heavy atom. The van der Waals surface area contributed by atoms with Gasteiger partial charge in [0.1, 0.15) is 11.6 Å². The molecule has 2 atom stereocenters. The second-order valence-corrected chi connectivity index (χ2v) is 5.31. The first-order valence-corrected chi connectivity index (χ1v) is 6.87.